The van der Waals surface area contributed by atoms with Crippen LogP contribution in [0.1, 0.15) is 25.7 Å². The first-order chi connectivity index (χ1) is 9.70. The molecule has 2 rings (SSSR count). The van der Waals surface area contributed by atoms with E-state index in [1.165, 1.54) is 0 Å². The van der Waals surface area contributed by atoms with Crippen LogP contribution in [0.25, 0.3) is 0 Å². The zero-order chi connectivity index (χ0) is 14.4. The molecule has 1 aromatic heterocycles. The molecule has 0 bridgehead atoms. The maximum Gasteiger partial charge on any atom is 0.223 e. The summed E-state index contributed by atoms with van der Waals surface area (Å²) in [7, 11) is 0. The Hall–Kier alpha value is -2.36. The first-order valence-corrected chi connectivity index (χ1v) is 6.69. The first-order valence-electron chi connectivity index (χ1n) is 6.69. The number of rotatable bonds is 5. The minimum Gasteiger partial charge on any atom is -0.368 e. The van der Waals surface area contributed by atoms with Gasteiger partial charge < -0.3 is 16.0 Å². The van der Waals surface area contributed by atoms with Crippen LogP contribution >= 0.6 is 0 Å². The molecule has 1 aromatic rings. The van der Waals surface area contributed by atoms with Crippen molar-refractivity contribution in [3.8, 4) is 6.07 Å². The Bertz CT molecular complexity index is 512. The van der Waals surface area contributed by atoms with Gasteiger partial charge in [-0.15, -0.1) is 0 Å². The van der Waals surface area contributed by atoms with Gasteiger partial charge in [-0.25, -0.2) is 4.98 Å². The first kappa shape index (κ1) is 14.1. The molecule has 1 saturated heterocycles. The van der Waals surface area contributed by atoms with Crippen molar-refractivity contribution < 1.29 is 4.79 Å². The van der Waals surface area contributed by atoms with Crippen LogP contribution in [0.2, 0.25) is 0 Å². The van der Waals surface area contributed by atoms with Crippen LogP contribution in [0.3, 0.4) is 0 Å². The Kier molecular flexibility index (Phi) is 4.71. The number of nitrogens with two attached hydrogens (primary N) is 1. The lowest BCUT2D eigenvalue weighted by molar-refractivity contribution is -0.131. The van der Waals surface area contributed by atoms with Crippen molar-refractivity contribution in [2.24, 2.45) is 0 Å². The third-order valence-corrected chi connectivity index (χ3v) is 3.34. The zero-order valence-corrected chi connectivity index (χ0v) is 11.2. The number of aromatic nitrogens is 2. The Morgan fingerprint density at radius 1 is 1.65 bits per heavy atom. The molecule has 3 N–H and O–H groups in total. The fourth-order valence-electron chi connectivity index (χ4n) is 2.38. The Labute approximate surface area is 117 Å². The molecule has 20 heavy (non-hydrogen) atoms. The van der Waals surface area contributed by atoms with Gasteiger partial charge in [-0.3, -0.25) is 4.79 Å². The number of nitrogens with one attached hydrogen (secondary N) is 1. The van der Waals surface area contributed by atoms with E-state index >= 15 is 0 Å². The van der Waals surface area contributed by atoms with Crippen molar-refractivity contribution in [1.29, 1.82) is 5.26 Å². The summed E-state index contributed by atoms with van der Waals surface area (Å²) >= 11 is 0. The molecule has 2 heterocycles. The molecule has 7 heteroatoms. The van der Waals surface area contributed by atoms with Gasteiger partial charge in [-0.1, -0.05) is 0 Å². The van der Waals surface area contributed by atoms with Gasteiger partial charge in [0.1, 0.15) is 5.82 Å². The second-order valence-corrected chi connectivity index (χ2v) is 4.72. The summed E-state index contributed by atoms with van der Waals surface area (Å²) in [5, 5.41) is 11.7. The predicted molar refractivity (Wildman–Crippen MR) is 74.5 cm³/mol. The van der Waals surface area contributed by atoms with E-state index in [2.05, 4.69) is 15.3 Å². The van der Waals surface area contributed by atoms with Crippen molar-refractivity contribution in [3.05, 3.63) is 12.3 Å². The van der Waals surface area contributed by atoms with Gasteiger partial charge in [0.05, 0.1) is 6.07 Å². The minimum absolute atomic E-state index is 0.0538. The van der Waals surface area contributed by atoms with Crippen LogP contribution in [0, 0.1) is 11.3 Å². The van der Waals surface area contributed by atoms with Crippen molar-refractivity contribution in [2.45, 2.75) is 31.7 Å². The number of likely N-dealkylation sites (tertiary alicyclic amines) is 1. The van der Waals surface area contributed by atoms with Crippen LogP contribution in [0.4, 0.5) is 11.8 Å². The summed E-state index contributed by atoms with van der Waals surface area (Å²) in [6, 6.07) is 3.90. The van der Waals surface area contributed by atoms with Crippen LogP contribution in [-0.4, -0.2) is 39.9 Å². The predicted octanol–water partition coefficient (Wildman–Crippen LogP) is 0.765. The van der Waals surface area contributed by atoms with Crippen molar-refractivity contribution in [1.82, 2.24) is 14.9 Å². The van der Waals surface area contributed by atoms with E-state index < -0.39 is 0 Å². The standard InChI is InChI=1S/C13H18N6O/c14-6-1-4-12(20)19-8-2-3-10(19)9-17-11-5-7-16-13(15)18-11/h5,7,10H,1-4,8-9H2,(H3,15,16,17,18). The van der Waals surface area contributed by atoms with Gasteiger partial charge in [0.15, 0.2) is 0 Å². The van der Waals surface area contributed by atoms with Gasteiger partial charge in [-0.2, -0.15) is 10.2 Å². The molecule has 7 nitrogen and oxygen atoms in total. The third kappa shape index (κ3) is 3.57. The number of nitriles is 1. The highest BCUT2D eigenvalue weighted by molar-refractivity contribution is 5.77. The number of hydrogen-bond donors (Lipinski definition) is 2. The van der Waals surface area contributed by atoms with E-state index in [1.807, 2.05) is 11.0 Å². The highest BCUT2D eigenvalue weighted by atomic mass is 16.2. The summed E-state index contributed by atoms with van der Waals surface area (Å²) in [6.45, 7) is 1.40. The number of amides is 1. The molecule has 106 valence electrons. The molecule has 0 aliphatic carbocycles. The molecule has 1 atom stereocenters. The maximum absolute atomic E-state index is 12.0. The molecule has 1 unspecified atom stereocenters. The molecule has 1 aliphatic rings. The van der Waals surface area contributed by atoms with Gasteiger partial charge in [0, 0.05) is 38.2 Å². The second-order valence-electron chi connectivity index (χ2n) is 4.72. The Morgan fingerprint density at radius 2 is 2.50 bits per heavy atom. The number of hydrogen-bond acceptors (Lipinski definition) is 6. The lowest BCUT2D eigenvalue weighted by Crippen LogP contribution is -2.39. The molecule has 0 radical (unpaired) electrons. The molecule has 0 aromatic carbocycles. The van der Waals surface area contributed by atoms with Crippen molar-refractivity contribution >= 4 is 17.7 Å². The minimum atomic E-state index is 0.0538. The van der Waals surface area contributed by atoms with Crippen LogP contribution in [-0.2, 0) is 4.79 Å². The monoisotopic (exact) mass is 274 g/mol. The smallest absolute Gasteiger partial charge is 0.223 e. The second kappa shape index (κ2) is 6.70. The molecular formula is C13H18N6O. The van der Waals surface area contributed by atoms with Crippen LogP contribution < -0.4 is 11.1 Å². The largest absolute Gasteiger partial charge is 0.368 e. The van der Waals surface area contributed by atoms with Gasteiger partial charge in [0.25, 0.3) is 0 Å². The number of carbonyl (C=O) groups is 1. The quantitative estimate of drug-likeness (QED) is 0.820. The normalized spacial score (nSPS) is 17.8. The topological polar surface area (TPSA) is 108 Å². The fourth-order valence-corrected chi connectivity index (χ4v) is 2.38. The van der Waals surface area contributed by atoms with E-state index in [9.17, 15) is 4.79 Å². The van der Waals surface area contributed by atoms with E-state index in [-0.39, 0.29) is 24.3 Å². The van der Waals surface area contributed by atoms with E-state index in [4.69, 9.17) is 11.0 Å². The molecule has 1 aliphatic heterocycles. The van der Waals surface area contributed by atoms with Gasteiger partial charge >= 0.3 is 0 Å². The molecular weight excluding hydrogens is 256 g/mol. The summed E-state index contributed by atoms with van der Waals surface area (Å²) in [4.78, 5) is 21.7. The SMILES string of the molecule is N#CCCC(=O)N1CCCC1CNc1ccnc(N)n1. The summed E-state index contributed by atoms with van der Waals surface area (Å²) < 4.78 is 0. The fraction of sp³-hybridized carbons (Fsp3) is 0.538. The van der Waals surface area contributed by atoms with Crippen LogP contribution in [0.5, 0.6) is 0 Å². The Morgan fingerprint density at radius 3 is 3.25 bits per heavy atom. The lowest BCUT2D eigenvalue weighted by Gasteiger charge is -2.25. The van der Waals surface area contributed by atoms with E-state index in [0.29, 0.717) is 18.8 Å². The van der Waals surface area contributed by atoms with Crippen molar-refractivity contribution in [2.75, 3.05) is 24.1 Å². The third-order valence-electron chi connectivity index (χ3n) is 3.34. The average molecular weight is 274 g/mol. The van der Waals surface area contributed by atoms with Gasteiger partial charge in [-0.05, 0) is 18.9 Å². The van der Waals surface area contributed by atoms with Crippen LogP contribution in [0.15, 0.2) is 12.3 Å². The Balaban J connectivity index is 1.88. The van der Waals surface area contributed by atoms with E-state index in [0.717, 1.165) is 19.4 Å². The number of nitrogens with zero attached hydrogens (tertiary/aromatic N) is 4. The zero-order valence-electron chi connectivity index (χ0n) is 11.2. The molecule has 0 spiro atoms. The molecule has 1 amide bonds. The average Bonchev–Trinajstić information content (AvgIpc) is 2.91. The molecule has 1 fully saturated rings. The molecule has 0 saturated carbocycles. The van der Waals surface area contributed by atoms with E-state index in [1.54, 1.807) is 12.3 Å². The maximum atomic E-state index is 12.0. The number of nitrogen functional groups attached to an aromatic ring is 1. The number of carbonyl (C=O) groups excluding carboxylic acids is 1. The summed E-state index contributed by atoms with van der Waals surface area (Å²) in [5.74, 6) is 0.940. The van der Waals surface area contributed by atoms with Crippen molar-refractivity contribution in [3.63, 3.8) is 0 Å². The number of anilines is 2. The summed E-state index contributed by atoms with van der Waals surface area (Å²) in [6.07, 6.45) is 4.13. The highest BCUT2D eigenvalue weighted by Gasteiger charge is 2.27. The summed E-state index contributed by atoms with van der Waals surface area (Å²) in [5.41, 5.74) is 5.52. The lowest BCUT2D eigenvalue weighted by atomic mass is 10.2. The highest BCUT2D eigenvalue weighted by Crippen LogP contribution is 2.19. The van der Waals surface area contributed by atoms with Gasteiger partial charge in [0.2, 0.25) is 11.9 Å².